The standard InChI is InChI=1S/C22H48N2O3Si/c1-7-9-11-13-16-24(6,15-12-10-8-2)17-14-18-28-25-19-22(20-26-28,21-27-28)23(3,4)5/h7-21H2,1-6H3/q+2. The molecule has 0 aromatic carbocycles. The van der Waals surface area contributed by atoms with Gasteiger partial charge in [-0.2, -0.15) is 0 Å². The van der Waals surface area contributed by atoms with Gasteiger partial charge in [0.05, 0.1) is 67.6 Å². The Bertz CT molecular complexity index is 445. The normalized spacial score (nSPS) is 29.8. The Morgan fingerprint density at radius 1 is 0.679 bits per heavy atom. The van der Waals surface area contributed by atoms with Crippen LogP contribution in [0, 0.1) is 0 Å². The van der Waals surface area contributed by atoms with Crippen LogP contribution >= 0.6 is 0 Å². The molecule has 0 saturated carbocycles. The fourth-order valence-corrected chi connectivity index (χ4v) is 7.20. The number of hydrogen-bond donors (Lipinski definition) is 0. The van der Waals surface area contributed by atoms with E-state index in [1.165, 1.54) is 69.1 Å². The van der Waals surface area contributed by atoms with E-state index in [1.54, 1.807) is 0 Å². The molecule has 5 nitrogen and oxygen atoms in total. The van der Waals surface area contributed by atoms with Crippen molar-refractivity contribution < 1.29 is 22.2 Å². The topological polar surface area (TPSA) is 27.7 Å². The van der Waals surface area contributed by atoms with Crippen LogP contribution in [0.3, 0.4) is 0 Å². The molecule has 2 bridgehead atoms. The molecule has 28 heavy (non-hydrogen) atoms. The van der Waals surface area contributed by atoms with Crippen LogP contribution in [-0.4, -0.2) is 91.0 Å². The second-order valence-electron chi connectivity index (χ2n) is 10.4. The number of likely N-dealkylation sites (N-methyl/N-ethyl adjacent to an activating group) is 1. The monoisotopic (exact) mass is 416 g/mol. The zero-order valence-corrected chi connectivity index (χ0v) is 20.7. The van der Waals surface area contributed by atoms with Crippen LogP contribution in [0.1, 0.15) is 65.2 Å². The van der Waals surface area contributed by atoms with E-state index in [-0.39, 0.29) is 5.54 Å². The largest absolute Gasteiger partial charge is 0.501 e. The summed E-state index contributed by atoms with van der Waals surface area (Å²) in [6.07, 6.45) is 10.6. The number of nitrogens with zero attached hydrogens (tertiary/aromatic N) is 2. The van der Waals surface area contributed by atoms with E-state index in [2.05, 4.69) is 42.0 Å². The minimum Gasteiger partial charge on any atom is -0.367 e. The van der Waals surface area contributed by atoms with Gasteiger partial charge in [-0.1, -0.05) is 33.1 Å². The zero-order valence-electron chi connectivity index (χ0n) is 19.7. The summed E-state index contributed by atoms with van der Waals surface area (Å²) >= 11 is 0. The molecule has 0 aromatic rings. The van der Waals surface area contributed by atoms with Gasteiger partial charge in [0.25, 0.3) is 0 Å². The summed E-state index contributed by atoms with van der Waals surface area (Å²) < 4.78 is 20.9. The molecule has 1 unspecified atom stereocenters. The second kappa shape index (κ2) is 10.4. The van der Waals surface area contributed by atoms with Crippen LogP contribution in [0.15, 0.2) is 0 Å². The lowest BCUT2D eigenvalue weighted by Crippen LogP contribution is -2.76. The van der Waals surface area contributed by atoms with Crippen molar-refractivity contribution in [1.29, 1.82) is 0 Å². The fraction of sp³-hybridized carbons (Fsp3) is 1.00. The number of fused-ring (bicyclic) bond motifs is 3. The summed E-state index contributed by atoms with van der Waals surface area (Å²) in [7, 11) is 6.70. The molecular weight excluding hydrogens is 368 g/mol. The molecule has 6 heteroatoms. The van der Waals surface area contributed by atoms with Crippen LogP contribution in [0.2, 0.25) is 6.04 Å². The molecule has 0 aliphatic carbocycles. The van der Waals surface area contributed by atoms with Crippen molar-refractivity contribution >= 4 is 8.80 Å². The van der Waals surface area contributed by atoms with Crippen molar-refractivity contribution in [3.63, 3.8) is 0 Å². The molecule has 0 radical (unpaired) electrons. The smallest absolute Gasteiger partial charge is 0.367 e. The highest BCUT2D eigenvalue weighted by Gasteiger charge is 2.61. The third-order valence-corrected chi connectivity index (χ3v) is 9.86. The lowest BCUT2D eigenvalue weighted by molar-refractivity contribution is -0.928. The first-order valence-electron chi connectivity index (χ1n) is 11.8. The van der Waals surface area contributed by atoms with Gasteiger partial charge in [0.1, 0.15) is 0 Å². The third-order valence-electron chi connectivity index (χ3n) is 7.14. The molecule has 3 aliphatic rings. The molecule has 1 atom stereocenters. The molecule has 0 N–H and O–H groups in total. The highest BCUT2D eigenvalue weighted by Crippen LogP contribution is 2.37. The lowest BCUT2D eigenvalue weighted by Gasteiger charge is -2.55. The van der Waals surface area contributed by atoms with E-state index in [4.69, 9.17) is 13.3 Å². The lowest BCUT2D eigenvalue weighted by atomic mass is 9.99. The van der Waals surface area contributed by atoms with Crippen LogP contribution in [0.5, 0.6) is 0 Å². The molecule has 3 heterocycles. The van der Waals surface area contributed by atoms with Crippen molar-refractivity contribution in [3.05, 3.63) is 0 Å². The fourth-order valence-electron chi connectivity index (χ4n) is 4.46. The van der Waals surface area contributed by atoms with Crippen molar-refractivity contribution in [2.75, 3.05) is 67.6 Å². The second-order valence-corrected chi connectivity index (χ2v) is 13.2. The van der Waals surface area contributed by atoms with E-state index in [9.17, 15) is 0 Å². The number of rotatable bonds is 14. The van der Waals surface area contributed by atoms with Crippen LogP contribution < -0.4 is 0 Å². The number of unbranched alkanes of at least 4 members (excludes halogenated alkanes) is 5. The van der Waals surface area contributed by atoms with Gasteiger partial charge in [0, 0.05) is 12.5 Å². The Labute approximate surface area is 175 Å². The van der Waals surface area contributed by atoms with Crippen molar-refractivity contribution in [1.82, 2.24) is 0 Å². The molecule has 0 spiro atoms. The predicted octanol–water partition coefficient (Wildman–Crippen LogP) is 4.05. The average molecular weight is 417 g/mol. The van der Waals surface area contributed by atoms with Gasteiger partial charge in [-0.25, -0.2) is 0 Å². The van der Waals surface area contributed by atoms with E-state index < -0.39 is 8.80 Å². The highest BCUT2D eigenvalue weighted by atomic mass is 28.4. The average Bonchev–Trinajstić information content (AvgIpc) is 2.66. The third kappa shape index (κ3) is 6.26. The first-order chi connectivity index (χ1) is 13.2. The van der Waals surface area contributed by atoms with Gasteiger partial charge in [-0.3, -0.25) is 0 Å². The molecule has 3 fully saturated rings. The van der Waals surface area contributed by atoms with Gasteiger partial charge in [-0.05, 0) is 25.7 Å². The van der Waals surface area contributed by atoms with E-state index in [0.717, 1.165) is 36.8 Å². The summed E-state index contributed by atoms with van der Waals surface area (Å²) in [4.78, 5) is 0. The van der Waals surface area contributed by atoms with Gasteiger partial charge in [-0.15, -0.1) is 0 Å². The van der Waals surface area contributed by atoms with Gasteiger partial charge < -0.3 is 22.2 Å². The Balaban J connectivity index is 1.82. The maximum atomic E-state index is 6.29. The van der Waals surface area contributed by atoms with Gasteiger partial charge in [0.15, 0.2) is 5.54 Å². The van der Waals surface area contributed by atoms with Crippen molar-refractivity contribution in [2.45, 2.75) is 76.8 Å². The zero-order chi connectivity index (χ0) is 20.7. The Morgan fingerprint density at radius 2 is 1.14 bits per heavy atom. The number of hydrogen-bond acceptors (Lipinski definition) is 3. The highest BCUT2D eigenvalue weighted by molar-refractivity contribution is 6.61. The Morgan fingerprint density at radius 3 is 1.64 bits per heavy atom. The predicted molar refractivity (Wildman–Crippen MR) is 118 cm³/mol. The van der Waals surface area contributed by atoms with Gasteiger partial charge >= 0.3 is 8.80 Å². The quantitative estimate of drug-likeness (QED) is 0.243. The Hall–Kier alpha value is 0.0169. The summed E-state index contributed by atoms with van der Waals surface area (Å²) in [6, 6.07) is 0.983. The Kier molecular flexibility index (Phi) is 8.99. The van der Waals surface area contributed by atoms with E-state index in [1.807, 2.05) is 0 Å². The summed E-state index contributed by atoms with van der Waals surface area (Å²) in [5.74, 6) is 0. The molecule has 0 amide bonds. The minimum absolute atomic E-state index is 0.0290. The first kappa shape index (κ1) is 24.3. The molecule has 3 aliphatic heterocycles. The first-order valence-corrected chi connectivity index (χ1v) is 13.7. The van der Waals surface area contributed by atoms with Gasteiger partial charge in [0.2, 0.25) is 0 Å². The summed E-state index contributed by atoms with van der Waals surface area (Å²) in [5, 5.41) is 0. The minimum atomic E-state index is -2.42. The summed E-state index contributed by atoms with van der Waals surface area (Å²) in [5.41, 5.74) is -0.0290. The number of quaternary nitrogens is 2. The SMILES string of the molecule is CCCCCC[N+](C)(CCCCC)CCC[Si]12OCC([N+](C)(C)C)(CO1)CO2. The van der Waals surface area contributed by atoms with Crippen molar-refractivity contribution in [3.8, 4) is 0 Å². The van der Waals surface area contributed by atoms with E-state index >= 15 is 0 Å². The maximum absolute atomic E-state index is 6.29. The maximum Gasteiger partial charge on any atom is 0.501 e. The summed E-state index contributed by atoms with van der Waals surface area (Å²) in [6.45, 7) is 10.8. The van der Waals surface area contributed by atoms with Crippen LogP contribution in [-0.2, 0) is 13.3 Å². The molecule has 3 saturated heterocycles. The van der Waals surface area contributed by atoms with Crippen LogP contribution in [0.25, 0.3) is 0 Å². The van der Waals surface area contributed by atoms with Crippen LogP contribution in [0.4, 0.5) is 0 Å². The van der Waals surface area contributed by atoms with Crippen molar-refractivity contribution in [2.24, 2.45) is 0 Å². The molecular formula is C22H48N2O3Si+2. The molecule has 3 rings (SSSR count). The molecule has 0 aromatic heterocycles. The molecule has 166 valence electrons. The van der Waals surface area contributed by atoms with E-state index in [0.29, 0.717) is 0 Å².